The van der Waals surface area contributed by atoms with Gasteiger partial charge in [0.2, 0.25) is 21.1 Å². The highest BCUT2D eigenvalue weighted by atomic mass is 35.5. The van der Waals surface area contributed by atoms with Gasteiger partial charge in [-0.1, -0.05) is 65.4 Å². The lowest BCUT2D eigenvalue weighted by Gasteiger charge is -2.19. The Morgan fingerprint density at radius 1 is 1.11 bits per heavy atom. The fraction of sp³-hybridized carbons (Fsp3) is 0.167. The van der Waals surface area contributed by atoms with Crippen LogP contribution in [0.4, 0.5) is 5.13 Å². The predicted octanol–water partition coefficient (Wildman–Crippen LogP) is 3.26. The molecular formula is C18H17ClN4O3S2. The van der Waals surface area contributed by atoms with E-state index in [2.05, 4.69) is 15.5 Å². The van der Waals surface area contributed by atoms with Crippen molar-refractivity contribution in [1.29, 1.82) is 0 Å². The Labute approximate surface area is 172 Å². The standard InChI is InChI=1S/C18H17ClN4O3S2/c1-28(25,26)23(11-13-5-3-2-4-6-13)12-16(24)20-18-22-21-17(27-18)14-7-9-15(19)10-8-14/h2-10H,11-12H2,1H3,(H,20,22,24). The van der Waals surface area contributed by atoms with Crippen molar-refractivity contribution >= 4 is 44.0 Å². The number of carbonyl (C=O) groups is 1. The third kappa shape index (κ3) is 5.59. The molecule has 2 aromatic carbocycles. The molecule has 0 radical (unpaired) electrons. The molecule has 0 unspecified atom stereocenters. The molecule has 1 heterocycles. The van der Waals surface area contributed by atoms with E-state index in [1.807, 2.05) is 18.2 Å². The van der Waals surface area contributed by atoms with Gasteiger partial charge in [0.25, 0.3) is 0 Å². The first-order valence-electron chi connectivity index (χ1n) is 8.19. The molecule has 0 saturated heterocycles. The van der Waals surface area contributed by atoms with Crippen LogP contribution in [0.3, 0.4) is 0 Å². The van der Waals surface area contributed by atoms with Crippen LogP contribution in [0.25, 0.3) is 10.6 Å². The number of hydrogen-bond acceptors (Lipinski definition) is 6. The molecule has 3 rings (SSSR count). The van der Waals surface area contributed by atoms with Gasteiger partial charge in [-0.15, -0.1) is 10.2 Å². The monoisotopic (exact) mass is 436 g/mol. The zero-order valence-electron chi connectivity index (χ0n) is 14.9. The van der Waals surface area contributed by atoms with Crippen LogP contribution in [-0.2, 0) is 21.4 Å². The summed E-state index contributed by atoms with van der Waals surface area (Å²) in [6.45, 7) is -0.206. The van der Waals surface area contributed by atoms with Crippen LogP contribution < -0.4 is 5.32 Å². The summed E-state index contributed by atoms with van der Waals surface area (Å²) < 4.78 is 25.2. The van der Waals surface area contributed by atoms with E-state index in [-0.39, 0.29) is 13.1 Å². The summed E-state index contributed by atoms with van der Waals surface area (Å²) in [7, 11) is -3.56. The minimum atomic E-state index is -3.56. The van der Waals surface area contributed by atoms with Crippen LogP contribution in [0.5, 0.6) is 0 Å². The molecule has 1 N–H and O–H groups in total. The highest BCUT2D eigenvalue weighted by Gasteiger charge is 2.21. The minimum Gasteiger partial charge on any atom is -0.299 e. The lowest BCUT2D eigenvalue weighted by atomic mass is 10.2. The number of halogens is 1. The second kappa shape index (κ2) is 8.78. The highest BCUT2D eigenvalue weighted by molar-refractivity contribution is 7.88. The first-order valence-corrected chi connectivity index (χ1v) is 11.2. The van der Waals surface area contributed by atoms with Gasteiger partial charge in [0, 0.05) is 17.1 Å². The molecule has 3 aromatic rings. The van der Waals surface area contributed by atoms with Crippen LogP contribution in [0.1, 0.15) is 5.56 Å². The maximum absolute atomic E-state index is 12.4. The van der Waals surface area contributed by atoms with Crippen molar-refractivity contribution in [3.8, 4) is 10.6 Å². The van der Waals surface area contributed by atoms with Crippen molar-refractivity contribution in [3.05, 3.63) is 65.2 Å². The first-order chi connectivity index (χ1) is 13.3. The van der Waals surface area contributed by atoms with Crippen LogP contribution in [0.15, 0.2) is 54.6 Å². The molecular weight excluding hydrogens is 420 g/mol. The zero-order chi connectivity index (χ0) is 20.1. The van der Waals surface area contributed by atoms with E-state index >= 15 is 0 Å². The minimum absolute atomic E-state index is 0.110. The predicted molar refractivity (Wildman–Crippen MR) is 111 cm³/mol. The number of hydrogen-bond donors (Lipinski definition) is 1. The topological polar surface area (TPSA) is 92.3 Å². The first kappa shape index (κ1) is 20.4. The van der Waals surface area contributed by atoms with Crippen LogP contribution in [0, 0.1) is 0 Å². The van der Waals surface area contributed by atoms with Crippen molar-refractivity contribution in [2.24, 2.45) is 0 Å². The quantitative estimate of drug-likeness (QED) is 0.613. The molecule has 28 heavy (non-hydrogen) atoms. The third-order valence-electron chi connectivity index (χ3n) is 3.75. The molecule has 0 saturated carbocycles. The molecule has 1 aromatic heterocycles. The highest BCUT2D eigenvalue weighted by Crippen LogP contribution is 2.27. The van der Waals surface area contributed by atoms with E-state index in [1.165, 1.54) is 11.3 Å². The summed E-state index contributed by atoms with van der Waals surface area (Å²) in [6.07, 6.45) is 1.08. The van der Waals surface area contributed by atoms with Gasteiger partial charge >= 0.3 is 0 Å². The molecule has 0 spiro atoms. The number of sulfonamides is 1. The van der Waals surface area contributed by atoms with Crippen LogP contribution in [-0.4, -0.2) is 41.6 Å². The Morgan fingerprint density at radius 2 is 1.79 bits per heavy atom. The van der Waals surface area contributed by atoms with E-state index in [0.717, 1.165) is 21.7 Å². The molecule has 0 bridgehead atoms. The average Bonchev–Trinajstić information content (AvgIpc) is 3.10. The Balaban J connectivity index is 1.67. The van der Waals surface area contributed by atoms with Crippen molar-refractivity contribution < 1.29 is 13.2 Å². The molecule has 7 nitrogen and oxygen atoms in total. The molecule has 0 aliphatic carbocycles. The molecule has 146 valence electrons. The number of aromatic nitrogens is 2. The summed E-state index contributed by atoms with van der Waals surface area (Å²) in [6, 6.07) is 16.2. The van der Waals surface area contributed by atoms with Gasteiger partial charge in [-0.3, -0.25) is 10.1 Å². The largest absolute Gasteiger partial charge is 0.299 e. The van der Waals surface area contributed by atoms with Crippen LogP contribution >= 0.6 is 22.9 Å². The van der Waals surface area contributed by atoms with Crippen molar-refractivity contribution in [3.63, 3.8) is 0 Å². The number of nitrogens with zero attached hydrogens (tertiary/aromatic N) is 3. The molecule has 0 aliphatic rings. The number of amides is 1. The van der Waals surface area contributed by atoms with Gasteiger partial charge in [0.15, 0.2) is 0 Å². The van der Waals surface area contributed by atoms with E-state index < -0.39 is 15.9 Å². The molecule has 0 atom stereocenters. The van der Waals surface area contributed by atoms with E-state index in [1.54, 1.807) is 36.4 Å². The Bertz CT molecular complexity index is 1050. The average molecular weight is 437 g/mol. The van der Waals surface area contributed by atoms with Gasteiger partial charge < -0.3 is 0 Å². The Kier molecular flexibility index (Phi) is 6.40. The van der Waals surface area contributed by atoms with Gasteiger partial charge in [-0.05, 0) is 17.7 Å². The maximum Gasteiger partial charge on any atom is 0.241 e. The number of anilines is 1. The Hall–Kier alpha value is -2.33. The van der Waals surface area contributed by atoms with Crippen LogP contribution in [0.2, 0.25) is 5.02 Å². The number of benzene rings is 2. The molecule has 10 heteroatoms. The summed E-state index contributed by atoms with van der Waals surface area (Å²) in [5.74, 6) is -0.486. The third-order valence-corrected chi connectivity index (χ3v) is 6.09. The zero-order valence-corrected chi connectivity index (χ0v) is 17.3. The van der Waals surface area contributed by atoms with Gasteiger partial charge in [-0.2, -0.15) is 4.31 Å². The second-order valence-corrected chi connectivity index (χ2v) is 9.38. The van der Waals surface area contributed by atoms with E-state index in [0.29, 0.717) is 15.2 Å². The lowest BCUT2D eigenvalue weighted by molar-refractivity contribution is -0.116. The summed E-state index contributed by atoms with van der Waals surface area (Å²) >= 11 is 7.07. The van der Waals surface area contributed by atoms with Crippen molar-refractivity contribution in [2.45, 2.75) is 6.54 Å². The van der Waals surface area contributed by atoms with E-state index in [9.17, 15) is 13.2 Å². The smallest absolute Gasteiger partial charge is 0.241 e. The fourth-order valence-electron chi connectivity index (χ4n) is 2.38. The maximum atomic E-state index is 12.4. The normalized spacial score (nSPS) is 11.5. The van der Waals surface area contributed by atoms with Gasteiger partial charge in [-0.25, -0.2) is 8.42 Å². The number of nitrogens with one attached hydrogen (secondary N) is 1. The lowest BCUT2D eigenvalue weighted by Crippen LogP contribution is -2.36. The van der Waals surface area contributed by atoms with Gasteiger partial charge in [0.1, 0.15) is 5.01 Å². The van der Waals surface area contributed by atoms with Gasteiger partial charge in [0.05, 0.1) is 12.8 Å². The van der Waals surface area contributed by atoms with Crippen molar-refractivity contribution in [2.75, 3.05) is 18.1 Å². The summed E-state index contributed by atoms with van der Waals surface area (Å²) in [5.41, 5.74) is 1.62. The number of rotatable bonds is 7. The Morgan fingerprint density at radius 3 is 2.43 bits per heavy atom. The SMILES string of the molecule is CS(=O)(=O)N(CC(=O)Nc1nnc(-c2ccc(Cl)cc2)s1)Cc1ccccc1. The second-order valence-electron chi connectivity index (χ2n) is 5.98. The summed E-state index contributed by atoms with van der Waals surface area (Å²) in [5, 5.41) is 12.1. The molecule has 0 fully saturated rings. The molecule has 1 amide bonds. The van der Waals surface area contributed by atoms with E-state index in [4.69, 9.17) is 11.6 Å². The summed E-state index contributed by atoms with van der Waals surface area (Å²) in [4.78, 5) is 12.4. The fourth-order valence-corrected chi connectivity index (χ4v) is 4.01. The number of carbonyl (C=O) groups excluding carboxylic acids is 1. The molecule has 0 aliphatic heterocycles. The van der Waals surface area contributed by atoms with Crippen molar-refractivity contribution in [1.82, 2.24) is 14.5 Å².